The van der Waals surface area contributed by atoms with E-state index in [-0.39, 0.29) is 0 Å². The van der Waals surface area contributed by atoms with Crippen LogP contribution in [0, 0.1) is 17.3 Å². The van der Waals surface area contributed by atoms with E-state index in [0.29, 0.717) is 16.7 Å². The van der Waals surface area contributed by atoms with Crippen molar-refractivity contribution in [3.8, 4) is 0 Å². The van der Waals surface area contributed by atoms with Gasteiger partial charge in [0, 0.05) is 19.5 Å². The molecule has 5 aliphatic rings. The first-order chi connectivity index (χ1) is 11.7. The van der Waals surface area contributed by atoms with Crippen LogP contribution in [0.1, 0.15) is 63.4 Å². The fraction of sp³-hybridized carbons (Fsp3) is 0.682. The van der Waals surface area contributed by atoms with Crippen molar-refractivity contribution in [1.82, 2.24) is 4.90 Å². The van der Waals surface area contributed by atoms with Crippen LogP contribution < -0.4 is 0 Å². The van der Waals surface area contributed by atoms with E-state index in [1.54, 1.807) is 5.56 Å². The summed E-state index contributed by atoms with van der Waals surface area (Å²) in [5, 5.41) is 0. The Balaban J connectivity index is 1.44. The van der Waals surface area contributed by atoms with Crippen molar-refractivity contribution in [2.45, 2.75) is 63.2 Å². The maximum absolute atomic E-state index is 12.9. The van der Waals surface area contributed by atoms with Crippen molar-refractivity contribution < 1.29 is 4.79 Å². The molecule has 1 amide bonds. The molecule has 0 N–H and O–H groups in total. The van der Waals surface area contributed by atoms with E-state index >= 15 is 0 Å². The summed E-state index contributed by atoms with van der Waals surface area (Å²) >= 11 is 0. The SMILES string of the molecule is O=C(CC12C[C@@H]3C[C@@H](C1)CC(c1ccccc1)(C3)C2)N1CCCC1. The first-order valence-corrected chi connectivity index (χ1v) is 10.00. The molecule has 4 bridgehead atoms. The molecule has 2 atom stereocenters. The second-order valence-corrected chi connectivity index (χ2v) is 9.37. The van der Waals surface area contributed by atoms with Crippen LogP contribution in [0.2, 0.25) is 0 Å². The summed E-state index contributed by atoms with van der Waals surface area (Å²) in [6.07, 6.45) is 11.3. The van der Waals surface area contributed by atoms with E-state index in [2.05, 4.69) is 35.2 Å². The van der Waals surface area contributed by atoms with Crippen molar-refractivity contribution in [2.75, 3.05) is 13.1 Å². The van der Waals surface area contributed by atoms with Crippen LogP contribution in [-0.2, 0) is 10.2 Å². The van der Waals surface area contributed by atoms with Crippen molar-refractivity contribution in [3.05, 3.63) is 35.9 Å². The molecule has 0 aromatic heterocycles. The molecule has 4 saturated carbocycles. The summed E-state index contributed by atoms with van der Waals surface area (Å²) in [4.78, 5) is 15.0. The lowest BCUT2D eigenvalue weighted by Crippen LogP contribution is -2.55. The lowest BCUT2D eigenvalue weighted by atomic mass is 9.42. The molecule has 2 nitrogen and oxygen atoms in total. The van der Waals surface area contributed by atoms with E-state index in [1.807, 2.05) is 0 Å². The maximum Gasteiger partial charge on any atom is 0.223 e. The van der Waals surface area contributed by atoms with Crippen LogP contribution in [0.4, 0.5) is 0 Å². The molecule has 24 heavy (non-hydrogen) atoms. The minimum absolute atomic E-state index is 0.305. The molecule has 1 saturated heterocycles. The summed E-state index contributed by atoms with van der Waals surface area (Å²) in [6, 6.07) is 11.2. The predicted molar refractivity (Wildman–Crippen MR) is 95.7 cm³/mol. The number of likely N-dealkylation sites (tertiary alicyclic amines) is 1. The molecule has 6 rings (SSSR count). The number of hydrogen-bond acceptors (Lipinski definition) is 1. The largest absolute Gasteiger partial charge is 0.343 e. The van der Waals surface area contributed by atoms with Gasteiger partial charge in [-0.25, -0.2) is 0 Å². The predicted octanol–water partition coefficient (Wildman–Crippen LogP) is 4.54. The Morgan fingerprint density at radius 2 is 1.67 bits per heavy atom. The molecule has 1 heterocycles. The van der Waals surface area contributed by atoms with Gasteiger partial charge < -0.3 is 4.90 Å². The first-order valence-electron chi connectivity index (χ1n) is 10.00. The number of hydrogen-bond donors (Lipinski definition) is 0. The third-order valence-electron chi connectivity index (χ3n) is 7.55. The Hall–Kier alpha value is -1.31. The average molecular weight is 323 g/mol. The Labute approximate surface area is 145 Å². The van der Waals surface area contributed by atoms with E-state index in [9.17, 15) is 4.79 Å². The monoisotopic (exact) mass is 323 g/mol. The van der Waals surface area contributed by atoms with Gasteiger partial charge in [-0.05, 0) is 79.6 Å². The van der Waals surface area contributed by atoms with Gasteiger partial charge in [0.05, 0.1) is 0 Å². The molecule has 4 aliphatic carbocycles. The topological polar surface area (TPSA) is 20.3 Å². The highest BCUT2D eigenvalue weighted by molar-refractivity contribution is 5.77. The Bertz CT molecular complexity index is 617. The number of carbonyl (C=O) groups is 1. The fourth-order valence-electron chi connectivity index (χ4n) is 7.19. The zero-order valence-electron chi connectivity index (χ0n) is 14.7. The van der Waals surface area contributed by atoms with Gasteiger partial charge in [-0.1, -0.05) is 30.3 Å². The van der Waals surface area contributed by atoms with E-state index in [0.717, 1.165) is 31.3 Å². The second kappa shape index (κ2) is 5.34. The van der Waals surface area contributed by atoms with Gasteiger partial charge in [0.1, 0.15) is 0 Å². The molecular formula is C22H29NO. The molecule has 0 spiro atoms. The third kappa shape index (κ3) is 2.33. The van der Waals surface area contributed by atoms with Crippen LogP contribution >= 0.6 is 0 Å². The smallest absolute Gasteiger partial charge is 0.223 e. The molecule has 5 fully saturated rings. The van der Waals surface area contributed by atoms with E-state index < -0.39 is 0 Å². The molecule has 1 aliphatic heterocycles. The van der Waals surface area contributed by atoms with Gasteiger partial charge in [-0.2, -0.15) is 0 Å². The van der Waals surface area contributed by atoms with E-state index in [4.69, 9.17) is 0 Å². The van der Waals surface area contributed by atoms with Crippen LogP contribution in [0.3, 0.4) is 0 Å². The zero-order chi connectivity index (χ0) is 16.2. The van der Waals surface area contributed by atoms with Gasteiger partial charge in [-0.15, -0.1) is 0 Å². The molecule has 2 heteroatoms. The van der Waals surface area contributed by atoms with Crippen LogP contribution in [0.5, 0.6) is 0 Å². The Morgan fingerprint density at radius 1 is 1.00 bits per heavy atom. The van der Waals surface area contributed by atoms with Gasteiger partial charge >= 0.3 is 0 Å². The van der Waals surface area contributed by atoms with Gasteiger partial charge in [0.15, 0.2) is 0 Å². The second-order valence-electron chi connectivity index (χ2n) is 9.37. The summed E-state index contributed by atoms with van der Waals surface area (Å²) in [5.41, 5.74) is 2.23. The number of carbonyl (C=O) groups excluding carboxylic acids is 1. The van der Waals surface area contributed by atoms with Crippen LogP contribution in [0.25, 0.3) is 0 Å². The van der Waals surface area contributed by atoms with Crippen molar-refractivity contribution in [2.24, 2.45) is 17.3 Å². The highest BCUT2D eigenvalue weighted by atomic mass is 16.2. The first kappa shape index (κ1) is 15.0. The molecular weight excluding hydrogens is 294 g/mol. The Kier molecular flexibility index (Phi) is 3.34. The number of amides is 1. The number of nitrogens with zero attached hydrogens (tertiary/aromatic N) is 1. The van der Waals surface area contributed by atoms with Crippen molar-refractivity contribution in [3.63, 3.8) is 0 Å². The maximum atomic E-state index is 12.9. The van der Waals surface area contributed by atoms with Gasteiger partial charge in [-0.3, -0.25) is 4.79 Å². The molecule has 1 aromatic rings. The molecule has 128 valence electrons. The number of benzene rings is 1. The summed E-state index contributed by atoms with van der Waals surface area (Å²) in [6.45, 7) is 2.01. The normalized spacial score (nSPS) is 40.2. The fourth-order valence-corrected chi connectivity index (χ4v) is 7.19. The summed E-state index contributed by atoms with van der Waals surface area (Å²) < 4.78 is 0. The standard InChI is InChI=1S/C22H29NO/c24-20(23-8-4-5-9-23)15-21-11-17-10-18(12-21)14-22(13-17,16-21)19-6-2-1-3-7-19/h1-3,6-7,17-18H,4-5,8-16H2/t17-,18-,21?,22?/m0/s1. The van der Waals surface area contributed by atoms with Gasteiger partial charge in [0.25, 0.3) is 0 Å². The Morgan fingerprint density at radius 3 is 2.33 bits per heavy atom. The highest BCUT2D eigenvalue weighted by Crippen LogP contribution is 2.66. The zero-order valence-corrected chi connectivity index (χ0v) is 14.7. The molecule has 1 aromatic carbocycles. The molecule has 0 radical (unpaired) electrons. The quantitative estimate of drug-likeness (QED) is 0.800. The summed E-state index contributed by atoms with van der Waals surface area (Å²) in [5.74, 6) is 2.17. The van der Waals surface area contributed by atoms with Crippen molar-refractivity contribution in [1.29, 1.82) is 0 Å². The molecule has 0 unspecified atom stereocenters. The summed E-state index contributed by atoms with van der Waals surface area (Å²) in [7, 11) is 0. The third-order valence-corrected chi connectivity index (χ3v) is 7.55. The average Bonchev–Trinajstić information content (AvgIpc) is 3.09. The van der Waals surface area contributed by atoms with E-state index in [1.165, 1.54) is 51.4 Å². The van der Waals surface area contributed by atoms with Crippen molar-refractivity contribution >= 4 is 5.91 Å². The lowest BCUT2D eigenvalue weighted by molar-refractivity contribution is -0.140. The number of rotatable bonds is 3. The minimum atomic E-state index is 0.305. The highest BCUT2D eigenvalue weighted by Gasteiger charge is 2.58. The minimum Gasteiger partial charge on any atom is -0.343 e. The lowest BCUT2D eigenvalue weighted by Gasteiger charge is -2.62. The van der Waals surface area contributed by atoms with Crippen LogP contribution in [-0.4, -0.2) is 23.9 Å². The van der Waals surface area contributed by atoms with Crippen LogP contribution in [0.15, 0.2) is 30.3 Å². The van der Waals surface area contributed by atoms with Gasteiger partial charge in [0.2, 0.25) is 5.91 Å².